The Labute approximate surface area is 130 Å². The lowest BCUT2D eigenvalue weighted by Gasteiger charge is -2.07. The Bertz CT molecular complexity index is 909. The van der Waals surface area contributed by atoms with Gasteiger partial charge in [0.05, 0.1) is 0 Å². The molecule has 2 heterocycles. The van der Waals surface area contributed by atoms with Gasteiger partial charge in [-0.15, -0.1) is 0 Å². The molecular weight excluding hydrogens is 301 g/mol. The van der Waals surface area contributed by atoms with E-state index in [9.17, 15) is 14.0 Å². The smallest absolute Gasteiger partial charge is 0.314 e. The zero-order valence-corrected chi connectivity index (χ0v) is 12.2. The van der Waals surface area contributed by atoms with Crippen molar-refractivity contribution in [1.82, 2.24) is 14.3 Å². The fourth-order valence-electron chi connectivity index (χ4n) is 2.28. The molecule has 23 heavy (non-hydrogen) atoms. The zero-order valence-electron chi connectivity index (χ0n) is 12.2. The van der Waals surface area contributed by atoms with Crippen LogP contribution in [0.25, 0.3) is 0 Å². The van der Waals surface area contributed by atoms with Crippen molar-refractivity contribution in [3.63, 3.8) is 0 Å². The average Bonchev–Trinajstić information content (AvgIpc) is 2.89. The number of pyridine rings is 1. The fourth-order valence-corrected chi connectivity index (χ4v) is 2.28. The van der Waals surface area contributed by atoms with Gasteiger partial charge in [0.2, 0.25) is 0 Å². The molecule has 0 N–H and O–H groups in total. The van der Waals surface area contributed by atoms with Crippen LogP contribution in [0, 0.1) is 5.82 Å². The summed E-state index contributed by atoms with van der Waals surface area (Å²) in [4.78, 5) is 23.4. The maximum atomic E-state index is 12.9. The highest BCUT2D eigenvalue weighted by Gasteiger charge is 2.11. The summed E-state index contributed by atoms with van der Waals surface area (Å²) in [6.45, 7) is 0.597. The summed E-state index contributed by atoms with van der Waals surface area (Å²) in [6, 6.07) is 10.8. The summed E-state index contributed by atoms with van der Waals surface area (Å²) >= 11 is 0. The van der Waals surface area contributed by atoms with E-state index in [1.165, 1.54) is 27.3 Å². The fraction of sp³-hybridized carbons (Fsp3) is 0.188. The Morgan fingerprint density at radius 2 is 1.83 bits per heavy atom. The van der Waals surface area contributed by atoms with Gasteiger partial charge >= 0.3 is 5.76 Å². The summed E-state index contributed by atoms with van der Waals surface area (Å²) < 4.78 is 20.5. The summed E-state index contributed by atoms with van der Waals surface area (Å²) in [5.74, 6) is -0.466. The minimum absolute atomic E-state index is 0.142. The van der Waals surface area contributed by atoms with Crippen LogP contribution < -0.4 is 11.3 Å². The van der Waals surface area contributed by atoms with E-state index in [1.54, 1.807) is 30.5 Å². The van der Waals surface area contributed by atoms with Crippen LogP contribution in [0.5, 0.6) is 0 Å². The molecule has 0 amide bonds. The van der Waals surface area contributed by atoms with Gasteiger partial charge in [-0.3, -0.25) is 13.9 Å². The highest BCUT2D eigenvalue weighted by molar-refractivity contribution is 5.19. The van der Waals surface area contributed by atoms with Gasteiger partial charge in [-0.1, -0.05) is 23.4 Å². The first-order chi connectivity index (χ1) is 11.1. The molecule has 6 nitrogen and oxygen atoms in total. The van der Waals surface area contributed by atoms with Gasteiger partial charge in [0.25, 0.3) is 5.56 Å². The van der Waals surface area contributed by atoms with Crippen LogP contribution in [0.2, 0.25) is 0 Å². The lowest BCUT2D eigenvalue weighted by atomic mass is 10.1. The van der Waals surface area contributed by atoms with Crippen molar-refractivity contribution < 1.29 is 8.91 Å². The second kappa shape index (κ2) is 6.43. The molecule has 0 spiro atoms. The molecule has 118 valence electrons. The molecule has 0 bridgehead atoms. The van der Waals surface area contributed by atoms with Crippen molar-refractivity contribution in [2.45, 2.75) is 19.5 Å². The summed E-state index contributed by atoms with van der Waals surface area (Å²) in [5.41, 5.74) is 0.669. The van der Waals surface area contributed by atoms with Gasteiger partial charge in [-0.2, -0.15) is 0 Å². The Kier molecular flexibility index (Phi) is 4.18. The van der Waals surface area contributed by atoms with Crippen LogP contribution in [0.1, 0.15) is 11.4 Å². The Morgan fingerprint density at radius 3 is 2.57 bits per heavy atom. The first-order valence-electron chi connectivity index (χ1n) is 7.09. The molecule has 3 rings (SSSR count). The van der Waals surface area contributed by atoms with Gasteiger partial charge in [0.1, 0.15) is 5.82 Å². The molecule has 0 fully saturated rings. The SMILES string of the molecule is O=c1ccccn1CCn1c(Cc2ccc(F)cc2)noc1=O. The number of benzene rings is 1. The third-order valence-corrected chi connectivity index (χ3v) is 3.50. The lowest BCUT2D eigenvalue weighted by molar-refractivity contribution is 0.371. The van der Waals surface area contributed by atoms with Crippen molar-refractivity contribution in [3.8, 4) is 0 Å². The molecule has 7 heteroatoms. The summed E-state index contributed by atoms with van der Waals surface area (Å²) in [7, 11) is 0. The minimum atomic E-state index is -0.578. The predicted octanol–water partition coefficient (Wildman–Crippen LogP) is 1.43. The van der Waals surface area contributed by atoms with Crippen LogP contribution in [0.3, 0.4) is 0 Å². The molecule has 0 saturated carbocycles. The number of hydrogen-bond acceptors (Lipinski definition) is 4. The van der Waals surface area contributed by atoms with E-state index >= 15 is 0 Å². The topological polar surface area (TPSA) is 70.0 Å². The summed E-state index contributed by atoms with van der Waals surface area (Å²) in [5, 5.41) is 3.76. The quantitative estimate of drug-likeness (QED) is 0.714. The molecule has 0 radical (unpaired) electrons. The van der Waals surface area contributed by atoms with Gasteiger partial charge in [0, 0.05) is 31.8 Å². The number of hydrogen-bond donors (Lipinski definition) is 0. The monoisotopic (exact) mass is 315 g/mol. The van der Waals surface area contributed by atoms with Crippen LogP contribution in [-0.2, 0) is 19.5 Å². The van der Waals surface area contributed by atoms with Crippen LogP contribution in [0.15, 0.2) is 62.8 Å². The van der Waals surface area contributed by atoms with Crippen molar-refractivity contribution in [2.75, 3.05) is 0 Å². The largest absolute Gasteiger partial charge is 0.441 e. The number of aryl methyl sites for hydroxylation is 1. The van der Waals surface area contributed by atoms with E-state index in [2.05, 4.69) is 5.16 Å². The molecule has 0 saturated heterocycles. The van der Waals surface area contributed by atoms with E-state index in [-0.39, 0.29) is 17.9 Å². The third kappa shape index (κ3) is 3.45. The molecule has 0 aliphatic carbocycles. The zero-order chi connectivity index (χ0) is 16.2. The number of nitrogens with zero attached hydrogens (tertiary/aromatic N) is 3. The van der Waals surface area contributed by atoms with E-state index in [4.69, 9.17) is 4.52 Å². The molecule has 2 aromatic heterocycles. The van der Waals surface area contributed by atoms with Gasteiger partial charge in [-0.25, -0.2) is 9.18 Å². The molecular formula is C16H14FN3O3. The molecule has 1 aromatic carbocycles. The standard InChI is InChI=1S/C16H14FN3O3/c17-13-6-4-12(5-7-13)11-14-18-23-16(22)20(14)10-9-19-8-2-1-3-15(19)21/h1-8H,9-11H2. The molecule has 0 aliphatic heterocycles. The normalized spacial score (nSPS) is 10.8. The van der Waals surface area contributed by atoms with Gasteiger partial charge < -0.3 is 4.57 Å². The first kappa shape index (κ1) is 15.0. The van der Waals surface area contributed by atoms with E-state index < -0.39 is 5.76 Å². The highest BCUT2D eigenvalue weighted by atomic mass is 19.1. The van der Waals surface area contributed by atoms with Gasteiger partial charge in [-0.05, 0) is 23.8 Å². The molecule has 0 aliphatic rings. The van der Waals surface area contributed by atoms with E-state index in [1.807, 2.05) is 0 Å². The van der Waals surface area contributed by atoms with Crippen molar-refractivity contribution >= 4 is 0 Å². The Balaban J connectivity index is 1.79. The third-order valence-electron chi connectivity index (χ3n) is 3.50. The average molecular weight is 315 g/mol. The van der Waals surface area contributed by atoms with Gasteiger partial charge in [0.15, 0.2) is 5.82 Å². The van der Waals surface area contributed by atoms with Crippen LogP contribution >= 0.6 is 0 Å². The summed E-state index contributed by atoms with van der Waals surface area (Å²) in [6.07, 6.45) is 2.00. The van der Waals surface area contributed by atoms with Crippen LogP contribution in [0.4, 0.5) is 4.39 Å². The molecule has 0 atom stereocenters. The molecule has 3 aromatic rings. The van der Waals surface area contributed by atoms with Crippen molar-refractivity contribution in [2.24, 2.45) is 0 Å². The van der Waals surface area contributed by atoms with Crippen LogP contribution in [-0.4, -0.2) is 14.3 Å². The Hall–Kier alpha value is -2.96. The first-order valence-corrected chi connectivity index (χ1v) is 7.09. The van der Waals surface area contributed by atoms with Crippen molar-refractivity contribution in [1.29, 1.82) is 0 Å². The minimum Gasteiger partial charge on any atom is -0.314 e. The predicted molar refractivity (Wildman–Crippen MR) is 80.7 cm³/mol. The maximum absolute atomic E-state index is 12.9. The van der Waals surface area contributed by atoms with E-state index in [0.29, 0.717) is 18.8 Å². The lowest BCUT2D eigenvalue weighted by Crippen LogP contribution is -2.25. The van der Waals surface area contributed by atoms with Crippen molar-refractivity contribution in [3.05, 3.63) is 86.8 Å². The highest BCUT2D eigenvalue weighted by Crippen LogP contribution is 2.08. The van der Waals surface area contributed by atoms with E-state index in [0.717, 1.165) is 5.56 Å². The second-order valence-corrected chi connectivity index (χ2v) is 5.05. The Morgan fingerprint density at radius 1 is 1.04 bits per heavy atom. The maximum Gasteiger partial charge on any atom is 0.441 e. The number of halogens is 1. The number of rotatable bonds is 5. The second-order valence-electron chi connectivity index (χ2n) is 5.05. The molecule has 0 unspecified atom stereocenters. The number of aromatic nitrogens is 3.